The second-order valence-corrected chi connectivity index (χ2v) is 10.8. The van der Waals surface area contributed by atoms with E-state index in [0.29, 0.717) is 27.8 Å². The number of β-lactam (4-membered cyclic amide) rings is 1. The van der Waals surface area contributed by atoms with E-state index in [-0.39, 0.29) is 29.0 Å². The molecule has 4 N–H and O–H groups in total. The Hall–Kier alpha value is -2.76. The van der Waals surface area contributed by atoms with Crippen molar-refractivity contribution >= 4 is 75.0 Å². The molecule has 4 rings (SSSR count). The number of thioether (sulfide) groups is 2. The molecule has 0 aliphatic carbocycles. The van der Waals surface area contributed by atoms with Crippen LogP contribution in [-0.4, -0.2) is 82.6 Å². The molecule has 0 aromatic carbocycles. The van der Waals surface area contributed by atoms with Crippen molar-refractivity contribution in [2.75, 3.05) is 23.8 Å². The van der Waals surface area contributed by atoms with Gasteiger partial charge in [0.2, 0.25) is 11.5 Å². The predicted octanol–water partition coefficient (Wildman–Crippen LogP) is 0.633. The number of fused-ring (bicyclic) bond motifs is 1. The number of amides is 2. The Morgan fingerprint density at radius 3 is 2.94 bits per heavy atom. The van der Waals surface area contributed by atoms with Gasteiger partial charge in [-0.3, -0.25) is 14.5 Å². The van der Waals surface area contributed by atoms with Gasteiger partial charge in [-0.25, -0.2) is 4.79 Å². The molecule has 2 atom stereocenters. The van der Waals surface area contributed by atoms with E-state index in [4.69, 9.17) is 10.6 Å². The molecule has 180 valence electrons. The Morgan fingerprint density at radius 1 is 1.47 bits per heavy atom. The summed E-state index contributed by atoms with van der Waals surface area (Å²) in [5.41, 5.74) is 7.53. The van der Waals surface area contributed by atoms with Crippen LogP contribution >= 0.6 is 46.4 Å². The normalized spacial score (nSPS) is 20.1. The van der Waals surface area contributed by atoms with Crippen molar-refractivity contribution in [2.45, 2.75) is 29.1 Å². The number of hydrogen-bond donors (Lipinski definition) is 3. The molecular formula is C17H18N8O5S4. The third-order valence-corrected chi connectivity index (χ3v) is 8.40. The van der Waals surface area contributed by atoms with Gasteiger partial charge >= 0.3 is 5.97 Å². The number of oxime groups is 1. The van der Waals surface area contributed by atoms with Crippen molar-refractivity contribution in [3.8, 4) is 0 Å². The lowest BCUT2D eigenvalue weighted by atomic mass is 10.0. The summed E-state index contributed by atoms with van der Waals surface area (Å²) in [5, 5.41) is 23.5. The number of carboxylic acid groups (broad SMARTS) is 1. The molecule has 1 fully saturated rings. The van der Waals surface area contributed by atoms with Crippen molar-refractivity contribution in [3.63, 3.8) is 0 Å². The Balaban J connectivity index is 1.49. The zero-order valence-corrected chi connectivity index (χ0v) is 20.8. The number of nitrogens with one attached hydrogen (secondary N) is 1. The van der Waals surface area contributed by atoms with Gasteiger partial charge in [-0.15, -0.1) is 22.0 Å². The Morgan fingerprint density at radius 2 is 2.29 bits per heavy atom. The minimum absolute atomic E-state index is 0.0156. The van der Waals surface area contributed by atoms with Gasteiger partial charge in [0.25, 0.3) is 11.8 Å². The van der Waals surface area contributed by atoms with Gasteiger partial charge in [0.15, 0.2) is 9.47 Å². The number of nitrogens with zero attached hydrogens (tertiary/aromatic N) is 6. The summed E-state index contributed by atoms with van der Waals surface area (Å²) >= 11 is 4.97. The van der Waals surface area contributed by atoms with Gasteiger partial charge in [-0.1, -0.05) is 35.2 Å². The van der Waals surface area contributed by atoms with Crippen LogP contribution in [0.3, 0.4) is 0 Å². The van der Waals surface area contributed by atoms with E-state index in [9.17, 15) is 19.5 Å². The Bertz CT molecular complexity index is 1150. The second kappa shape index (κ2) is 10.7. The van der Waals surface area contributed by atoms with Crippen LogP contribution in [0.1, 0.15) is 19.2 Å². The number of aliphatic carboxylic acids is 1. The number of nitrogens with two attached hydrogens (primary N) is 1. The summed E-state index contributed by atoms with van der Waals surface area (Å²) in [5.74, 6) is -1.71. The van der Waals surface area contributed by atoms with Crippen molar-refractivity contribution in [2.24, 2.45) is 5.16 Å². The second-order valence-electron chi connectivity index (χ2n) is 6.84. The van der Waals surface area contributed by atoms with Gasteiger partial charge in [-0.2, -0.15) is 9.36 Å². The van der Waals surface area contributed by atoms with Gasteiger partial charge in [0, 0.05) is 23.0 Å². The highest BCUT2D eigenvalue weighted by Crippen LogP contribution is 2.41. The van der Waals surface area contributed by atoms with Gasteiger partial charge in [-0.05, 0) is 12.0 Å². The third-order valence-electron chi connectivity index (χ3n) is 4.57. The number of hydrogen-bond acceptors (Lipinski definition) is 14. The van der Waals surface area contributed by atoms with E-state index in [1.807, 2.05) is 6.92 Å². The van der Waals surface area contributed by atoms with E-state index in [1.165, 1.54) is 39.8 Å². The van der Waals surface area contributed by atoms with Crippen molar-refractivity contribution in [3.05, 3.63) is 22.6 Å². The van der Waals surface area contributed by atoms with E-state index >= 15 is 0 Å². The molecule has 0 bridgehead atoms. The molecule has 2 aromatic rings. The van der Waals surface area contributed by atoms with Crippen molar-refractivity contribution in [1.82, 2.24) is 29.8 Å². The number of nitrogen functional groups attached to an aromatic ring is 1. The molecule has 17 heteroatoms. The fourth-order valence-electron chi connectivity index (χ4n) is 3.10. The van der Waals surface area contributed by atoms with Crippen molar-refractivity contribution < 1.29 is 24.3 Å². The zero-order valence-electron chi connectivity index (χ0n) is 17.5. The minimum atomic E-state index is -1.20. The smallest absolute Gasteiger partial charge is 0.352 e. The highest BCUT2D eigenvalue weighted by atomic mass is 32.2. The molecule has 13 nitrogen and oxygen atoms in total. The largest absolute Gasteiger partial charge is 0.477 e. The molecule has 0 spiro atoms. The number of carboxylic acids is 1. The molecule has 1 unspecified atom stereocenters. The molecule has 2 aliphatic heterocycles. The maximum absolute atomic E-state index is 12.9. The molecule has 34 heavy (non-hydrogen) atoms. The summed E-state index contributed by atoms with van der Waals surface area (Å²) in [6.07, 6.45) is 0.670. The molecular weight excluding hydrogens is 525 g/mol. The SMILES string of the molecule is CCCO/N=C(/C(=O)NC1C(=O)N2C(C(=O)O)=C(CSc3nncs3)CS[C@H]12)c1nsc(N)n1. The Kier molecular flexibility index (Phi) is 7.64. The van der Waals surface area contributed by atoms with Crippen LogP contribution in [0.25, 0.3) is 0 Å². The van der Waals surface area contributed by atoms with Crippen LogP contribution in [0.4, 0.5) is 5.13 Å². The number of aromatic nitrogens is 4. The lowest BCUT2D eigenvalue weighted by Gasteiger charge is -2.49. The monoisotopic (exact) mass is 542 g/mol. The van der Waals surface area contributed by atoms with Gasteiger partial charge < -0.3 is 21.0 Å². The van der Waals surface area contributed by atoms with E-state index in [0.717, 1.165) is 11.5 Å². The molecule has 4 heterocycles. The molecule has 2 aromatic heterocycles. The van der Waals surface area contributed by atoms with Crippen LogP contribution in [-0.2, 0) is 19.2 Å². The van der Waals surface area contributed by atoms with Crippen LogP contribution in [0, 0.1) is 0 Å². The lowest BCUT2D eigenvalue weighted by Crippen LogP contribution is -2.71. The first-order valence-corrected chi connectivity index (χ1v) is 13.5. The van der Waals surface area contributed by atoms with Gasteiger partial charge in [0.1, 0.15) is 29.2 Å². The first kappa shape index (κ1) is 24.4. The standard InChI is InChI=1S/C17H18N8O5S4/c1-2-3-30-23-8(11-21-16(18)34-24-11)12(26)20-9-13(27)25-10(15(28)29)7(4-31-14(9)25)5-32-17-22-19-6-33-17/h6,9,14H,2-5H2,1H3,(H,20,26)(H,28,29)(H2,18,21,24)/b23-8+/t9?,14-/m1/s1. The van der Waals surface area contributed by atoms with E-state index < -0.39 is 29.2 Å². The zero-order chi connectivity index (χ0) is 24.2. The first-order valence-electron chi connectivity index (χ1n) is 9.80. The maximum Gasteiger partial charge on any atom is 0.352 e. The number of carbonyl (C=O) groups excluding carboxylic acids is 2. The number of carbonyl (C=O) groups is 3. The van der Waals surface area contributed by atoms with Crippen LogP contribution in [0.15, 0.2) is 26.3 Å². The fraction of sp³-hybridized carbons (Fsp3) is 0.412. The average Bonchev–Trinajstić information content (AvgIpc) is 3.49. The molecule has 0 radical (unpaired) electrons. The summed E-state index contributed by atoms with van der Waals surface area (Å²) in [7, 11) is 0. The highest BCUT2D eigenvalue weighted by Gasteiger charge is 2.54. The number of anilines is 1. The Labute approximate surface area is 209 Å². The lowest BCUT2D eigenvalue weighted by molar-refractivity contribution is -0.150. The molecule has 2 aliphatic rings. The van der Waals surface area contributed by atoms with Crippen molar-refractivity contribution in [1.29, 1.82) is 0 Å². The van der Waals surface area contributed by atoms with Gasteiger partial charge in [0.05, 0.1) is 0 Å². The molecule has 0 saturated carbocycles. The fourth-order valence-corrected chi connectivity index (χ4v) is 6.50. The molecule has 1 saturated heterocycles. The predicted molar refractivity (Wildman–Crippen MR) is 127 cm³/mol. The topological polar surface area (TPSA) is 186 Å². The summed E-state index contributed by atoms with van der Waals surface area (Å²) in [6, 6.07) is -0.934. The molecule has 2 amide bonds. The first-order chi connectivity index (χ1) is 16.4. The van der Waals surface area contributed by atoms with Crippen LogP contribution < -0.4 is 11.1 Å². The van der Waals surface area contributed by atoms with E-state index in [2.05, 4.69) is 30.0 Å². The third kappa shape index (κ3) is 5.01. The van der Waals surface area contributed by atoms with Crippen LogP contribution in [0.5, 0.6) is 0 Å². The summed E-state index contributed by atoms with van der Waals surface area (Å²) < 4.78 is 4.70. The summed E-state index contributed by atoms with van der Waals surface area (Å²) in [4.78, 5) is 48.1. The quantitative estimate of drug-likeness (QED) is 0.125. The van der Waals surface area contributed by atoms with Crippen LogP contribution in [0.2, 0.25) is 0 Å². The highest BCUT2D eigenvalue weighted by molar-refractivity contribution is 8.01. The minimum Gasteiger partial charge on any atom is -0.477 e. The number of rotatable bonds is 10. The maximum atomic E-state index is 12.9. The summed E-state index contributed by atoms with van der Waals surface area (Å²) in [6.45, 7) is 2.15. The van der Waals surface area contributed by atoms with E-state index in [1.54, 1.807) is 5.51 Å². The average molecular weight is 543 g/mol.